The maximum atomic E-state index is 11.4. The van der Waals surface area contributed by atoms with Gasteiger partial charge >= 0.3 is 0 Å². The zero-order chi connectivity index (χ0) is 14.9. The van der Waals surface area contributed by atoms with Gasteiger partial charge in [0, 0.05) is 12.0 Å². The molecule has 0 amide bonds. The lowest BCUT2D eigenvalue weighted by atomic mass is 9.58. The summed E-state index contributed by atoms with van der Waals surface area (Å²) in [7, 11) is 0. The first-order valence-corrected chi connectivity index (χ1v) is 8.01. The number of aliphatic hydroxyl groups is 1. The monoisotopic (exact) mass is 285 g/mol. The largest absolute Gasteiger partial charge is 0.493 e. The quantitative estimate of drug-likeness (QED) is 0.904. The molecule has 112 valence electrons. The van der Waals surface area contributed by atoms with E-state index in [4.69, 9.17) is 4.74 Å². The van der Waals surface area contributed by atoms with Crippen LogP contribution >= 0.6 is 0 Å². The Morgan fingerprint density at radius 2 is 2.19 bits per heavy atom. The Morgan fingerprint density at radius 3 is 2.95 bits per heavy atom. The van der Waals surface area contributed by atoms with E-state index >= 15 is 0 Å². The number of para-hydroxylation sites is 1. The van der Waals surface area contributed by atoms with Gasteiger partial charge in [-0.15, -0.1) is 0 Å². The maximum Gasteiger partial charge on any atom is 0.124 e. The molecule has 3 nitrogen and oxygen atoms in total. The van der Waals surface area contributed by atoms with Gasteiger partial charge in [0.15, 0.2) is 0 Å². The molecule has 3 rings (SSSR count). The number of nitriles is 1. The number of hydrogen-bond donors (Lipinski definition) is 1. The Bertz CT molecular complexity index is 565. The number of rotatable bonds is 2. The standard InChI is InChI=1S/C18H23NO2/c1-2-14-6-5-9-18(20,12-14)17(13-19)10-11-21-16-8-4-3-7-15(16)17/h3-4,7-8,14,20H,2,5-6,9-12H2,1H3. The minimum Gasteiger partial charge on any atom is -0.493 e. The molecule has 3 atom stereocenters. The molecule has 0 aromatic heterocycles. The zero-order valence-electron chi connectivity index (χ0n) is 12.6. The summed E-state index contributed by atoms with van der Waals surface area (Å²) in [5, 5.41) is 21.4. The van der Waals surface area contributed by atoms with Gasteiger partial charge in [-0.25, -0.2) is 0 Å². The number of nitrogens with zero attached hydrogens (tertiary/aromatic N) is 1. The molecule has 1 heterocycles. The Balaban J connectivity index is 2.07. The van der Waals surface area contributed by atoms with Crippen molar-refractivity contribution in [1.29, 1.82) is 5.26 Å². The Hall–Kier alpha value is -1.53. The third-order valence-electron chi connectivity index (χ3n) is 5.47. The second-order valence-corrected chi connectivity index (χ2v) is 6.51. The second-order valence-electron chi connectivity index (χ2n) is 6.51. The average Bonchev–Trinajstić information content (AvgIpc) is 2.54. The minimum atomic E-state index is -0.930. The van der Waals surface area contributed by atoms with Crippen molar-refractivity contribution in [1.82, 2.24) is 0 Å². The predicted octanol–water partition coefficient (Wildman–Crippen LogP) is 3.56. The second kappa shape index (κ2) is 5.35. The third kappa shape index (κ3) is 2.13. The van der Waals surface area contributed by atoms with Crippen LogP contribution in [0.15, 0.2) is 24.3 Å². The molecule has 0 radical (unpaired) electrons. The summed E-state index contributed by atoms with van der Waals surface area (Å²) in [6.45, 7) is 2.68. The fourth-order valence-corrected chi connectivity index (χ4v) is 4.20. The topological polar surface area (TPSA) is 53.2 Å². The van der Waals surface area contributed by atoms with Crippen LogP contribution in [0.1, 0.15) is 51.0 Å². The first kappa shape index (κ1) is 14.4. The van der Waals surface area contributed by atoms with Crippen molar-refractivity contribution in [3.63, 3.8) is 0 Å². The highest BCUT2D eigenvalue weighted by atomic mass is 16.5. The zero-order valence-corrected chi connectivity index (χ0v) is 12.6. The molecule has 2 aliphatic rings. The van der Waals surface area contributed by atoms with Crippen molar-refractivity contribution in [2.75, 3.05) is 6.61 Å². The van der Waals surface area contributed by atoms with Crippen LogP contribution in [0.2, 0.25) is 0 Å². The highest BCUT2D eigenvalue weighted by Crippen LogP contribution is 2.52. The molecule has 3 unspecified atom stereocenters. The lowest BCUT2D eigenvalue weighted by molar-refractivity contribution is -0.0750. The SMILES string of the molecule is CCC1CCCC(O)(C2(C#N)CCOc3ccccc32)C1. The van der Waals surface area contributed by atoms with Crippen molar-refractivity contribution in [2.45, 2.75) is 56.5 Å². The van der Waals surface area contributed by atoms with Gasteiger partial charge in [0.2, 0.25) is 0 Å². The lowest BCUT2D eigenvalue weighted by Crippen LogP contribution is -2.55. The molecule has 1 saturated carbocycles. The van der Waals surface area contributed by atoms with Gasteiger partial charge in [0.25, 0.3) is 0 Å². The van der Waals surface area contributed by atoms with Crippen LogP contribution in [0.25, 0.3) is 0 Å². The molecule has 1 N–H and O–H groups in total. The van der Waals surface area contributed by atoms with E-state index < -0.39 is 11.0 Å². The molecule has 1 aliphatic heterocycles. The number of fused-ring (bicyclic) bond motifs is 1. The van der Waals surface area contributed by atoms with Crippen LogP contribution < -0.4 is 4.74 Å². The van der Waals surface area contributed by atoms with E-state index in [0.717, 1.165) is 30.6 Å². The van der Waals surface area contributed by atoms with Gasteiger partial charge in [0.05, 0.1) is 18.3 Å². The third-order valence-corrected chi connectivity index (χ3v) is 5.47. The highest BCUT2D eigenvalue weighted by Gasteiger charge is 2.55. The smallest absolute Gasteiger partial charge is 0.124 e. The van der Waals surface area contributed by atoms with Crippen molar-refractivity contribution >= 4 is 0 Å². The molecule has 0 bridgehead atoms. The van der Waals surface area contributed by atoms with Crippen LogP contribution in [0.5, 0.6) is 5.75 Å². The van der Waals surface area contributed by atoms with Crippen molar-refractivity contribution < 1.29 is 9.84 Å². The van der Waals surface area contributed by atoms with Crippen molar-refractivity contribution in [2.24, 2.45) is 5.92 Å². The first-order chi connectivity index (χ1) is 10.1. The van der Waals surface area contributed by atoms with Crippen molar-refractivity contribution in [3.8, 4) is 11.8 Å². The lowest BCUT2D eigenvalue weighted by Gasteiger charge is -2.49. The van der Waals surface area contributed by atoms with Gasteiger partial charge in [0.1, 0.15) is 11.2 Å². The summed E-state index contributed by atoms with van der Waals surface area (Å²) < 4.78 is 5.71. The van der Waals surface area contributed by atoms with Crippen LogP contribution in [-0.4, -0.2) is 17.3 Å². The summed E-state index contributed by atoms with van der Waals surface area (Å²) in [4.78, 5) is 0. The van der Waals surface area contributed by atoms with E-state index in [9.17, 15) is 10.4 Å². The van der Waals surface area contributed by atoms with Gasteiger partial charge in [-0.05, 0) is 24.8 Å². The summed E-state index contributed by atoms with van der Waals surface area (Å²) in [5.41, 5.74) is -0.881. The summed E-state index contributed by atoms with van der Waals surface area (Å²) in [6, 6.07) is 10.2. The summed E-state index contributed by atoms with van der Waals surface area (Å²) >= 11 is 0. The fraction of sp³-hybridized carbons (Fsp3) is 0.611. The first-order valence-electron chi connectivity index (χ1n) is 8.01. The van der Waals surface area contributed by atoms with E-state index in [1.807, 2.05) is 24.3 Å². The molecule has 1 aliphatic carbocycles. The molecule has 0 spiro atoms. The van der Waals surface area contributed by atoms with E-state index in [1.165, 1.54) is 6.42 Å². The molecule has 1 aromatic carbocycles. The molecular weight excluding hydrogens is 262 g/mol. The normalized spacial score (nSPS) is 35.4. The highest BCUT2D eigenvalue weighted by molar-refractivity contribution is 5.48. The van der Waals surface area contributed by atoms with E-state index in [2.05, 4.69) is 13.0 Å². The van der Waals surface area contributed by atoms with Crippen LogP contribution in [0.4, 0.5) is 0 Å². The molecular formula is C18H23NO2. The number of ether oxygens (including phenoxy) is 1. The minimum absolute atomic E-state index is 0.504. The Kier molecular flexibility index (Phi) is 3.67. The van der Waals surface area contributed by atoms with E-state index in [1.54, 1.807) is 0 Å². The van der Waals surface area contributed by atoms with Gasteiger partial charge in [-0.2, -0.15) is 5.26 Å². The van der Waals surface area contributed by atoms with Crippen LogP contribution in [0.3, 0.4) is 0 Å². The Labute approximate surface area is 126 Å². The molecule has 21 heavy (non-hydrogen) atoms. The number of hydrogen-bond acceptors (Lipinski definition) is 3. The van der Waals surface area contributed by atoms with Crippen molar-refractivity contribution in [3.05, 3.63) is 29.8 Å². The van der Waals surface area contributed by atoms with Crippen LogP contribution in [-0.2, 0) is 5.41 Å². The van der Waals surface area contributed by atoms with Gasteiger partial charge in [-0.1, -0.05) is 44.4 Å². The fourth-order valence-electron chi connectivity index (χ4n) is 4.20. The molecule has 3 heteroatoms. The Morgan fingerprint density at radius 1 is 1.38 bits per heavy atom. The maximum absolute atomic E-state index is 11.4. The van der Waals surface area contributed by atoms with E-state index in [-0.39, 0.29) is 0 Å². The van der Waals surface area contributed by atoms with E-state index in [0.29, 0.717) is 25.4 Å². The molecule has 1 fully saturated rings. The summed E-state index contributed by atoms with van der Waals surface area (Å²) in [6.07, 6.45) is 5.26. The van der Waals surface area contributed by atoms with Crippen LogP contribution in [0, 0.1) is 17.2 Å². The molecule has 0 saturated heterocycles. The summed E-state index contributed by atoms with van der Waals surface area (Å²) in [5.74, 6) is 1.28. The average molecular weight is 285 g/mol. The number of benzene rings is 1. The predicted molar refractivity (Wildman–Crippen MR) is 81.0 cm³/mol. The van der Waals surface area contributed by atoms with Gasteiger partial charge < -0.3 is 9.84 Å². The van der Waals surface area contributed by atoms with Gasteiger partial charge in [-0.3, -0.25) is 0 Å². The molecule has 1 aromatic rings.